The van der Waals surface area contributed by atoms with Gasteiger partial charge in [-0.15, -0.1) is 36.2 Å². The van der Waals surface area contributed by atoms with Gasteiger partial charge in [-0.05, 0) is 42.5 Å². The predicted molar refractivity (Wildman–Crippen MR) is 148 cm³/mol. The van der Waals surface area contributed by atoms with Crippen molar-refractivity contribution >= 4 is 64.1 Å². The van der Waals surface area contributed by atoms with E-state index in [1.165, 1.54) is 22.4 Å². The number of likely N-dealkylation sites (tertiary alicyclic amines) is 2. The van der Waals surface area contributed by atoms with Gasteiger partial charge in [-0.1, -0.05) is 13.8 Å². The van der Waals surface area contributed by atoms with E-state index in [-0.39, 0.29) is 78.6 Å². The van der Waals surface area contributed by atoms with Crippen molar-refractivity contribution < 1.29 is 27.6 Å². The molecule has 2 atom stereocenters. The maximum absolute atomic E-state index is 13.8. The molecule has 6 rings (SSSR count). The van der Waals surface area contributed by atoms with Gasteiger partial charge in [0, 0.05) is 41.7 Å². The molecule has 3 aromatic heterocycles. The number of amides is 3. The normalized spacial score (nSPS) is 21.5. The van der Waals surface area contributed by atoms with Gasteiger partial charge >= 0.3 is 6.18 Å². The van der Waals surface area contributed by atoms with Gasteiger partial charge in [0.25, 0.3) is 0 Å². The van der Waals surface area contributed by atoms with Gasteiger partial charge in [0.2, 0.25) is 17.7 Å². The molecule has 2 unspecified atom stereocenters. The molecule has 13 heteroatoms. The molecular weight excluding hydrogens is 588 g/mol. The molecule has 5 heterocycles. The van der Waals surface area contributed by atoms with Crippen molar-refractivity contribution in [2.24, 2.45) is 17.3 Å². The minimum atomic E-state index is -4.64. The summed E-state index contributed by atoms with van der Waals surface area (Å²) >= 11 is 1.29. The summed E-state index contributed by atoms with van der Waals surface area (Å²) in [6, 6.07) is 4.42. The van der Waals surface area contributed by atoms with Crippen molar-refractivity contribution in [2.45, 2.75) is 52.9 Å². The van der Waals surface area contributed by atoms with Crippen LogP contribution in [-0.2, 0) is 33.6 Å². The summed E-state index contributed by atoms with van der Waals surface area (Å²) in [5.74, 6) is -0.959. The SMILES string of the molecule is Cc1cc(C(F)(F)F)nc(-c2ccnc3cc(CN4C(=O)C5C(C4=O)C5(C)C)sc23)c1CN1CCCC1=O.Cl.Cl. The Bertz CT molecular complexity index is 1520. The number of imide groups is 1. The molecule has 2 saturated heterocycles. The largest absolute Gasteiger partial charge is 0.433 e. The number of aryl methyl sites for hydroxylation is 1. The van der Waals surface area contributed by atoms with Crippen molar-refractivity contribution in [3.8, 4) is 11.3 Å². The highest BCUT2D eigenvalue weighted by atomic mass is 35.5. The summed E-state index contributed by atoms with van der Waals surface area (Å²) in [5.41, 5.74) is 0.839. The Balaban J connectivity index is 0.00000185. The van der Waals surface area contributed by atoms with Crippen LogP contribution in [0.4, 0.5) is 13.2 Å². The number of thiophene rings is 1. The zero-order valence-electron chi connectivity index (χ0n) is 21.9. The fourth-order valence-corrected chi connectivity index (χ4v) is 7.01. The number of piperidine rings is 1. The second-order valence-electron chi connectivity index (χ2n) is 10.9. The third-order valence-corrected chi connectivity index (χ3v) is 9.22. The number of aromatic nitrogens is 2. The average Bonchev–Trinajstić information content (AvgIpc) is 3.20. The summed E-state index contributed by atoms with van der Waals surface area (Å²) in [6.07, 6.45) is -2.00. The molecule has 0 radical (unpaired) electrons. The van der Waals surface area contributed by atoms with Gasteiger partial charge < -0.3 is 4.90 Å². The Hall–Kier alpha value is -2.76. The third kappa shape index (κ3) is 4.75. The molecule has 1 aliphatic carbocycles. The summed E-state index contributed by atoms with van der Waals surface area (Å²) in [4.78, 5) is 50.1. The molecule has 0 bridgehead atoms. The summed E-state index contributed by atoms with van der Waals surface area (Å²) in [5, 5.41) is 0. The van der Waals surface area contributed by atoms with Crippen LogP contribution in [0.1, 0.15) is 48.4 Å². The minimum Gasteiger partial charge on any atom is -0.338 e. The number of hydrogen-bond donors (Lipinski definition) is 0. The lowest BCUT2D eigenvalue weighted by atomic mass is 10.00. The lowest BCUT2D eigenvalue weighted by Gasteiger charge is -2.21. The Morgan fingerprint density at radius 1 is 1.07 bits per heavy atom. The fourth-order valence-electron chi connectivity index (χ4n) is 5.90. The van der Waals surface area contributed by atoms with Crippen LogP contribution < -0.4 is 0 Å². The molecule has 3 aliphatic rings. The van der Waals surface area contributed by atoms with E-state index in [2.05, 4.69) is 9.97 Å². The van der Waals surface area contributed by atoms with E-state index in [9.17, 15) is 27.6 Å². The molecule has 0 aromatic carbocycles. The van der Waals surface area contributed by atoms with Crippen molar-refractivity contribution in [2.75, 3.05) is 6.54 Å². The maximum Gasteiger partial charge on any atom is 0.433 e. The highest BCUT2D eigenvalue weighted by Crippen LogP contribution is 2.63. The fraction of sp³-hybridized carbons (Fsp3) is 0.444. The smallest absolute Gasteiger partial charge is 0.338 e. The quantitative estimate of drug-likeness (QED) is 0.340. The molecular formula is C27H27Cl2F3N4O3S. The van der Waals surface area contributed by atoms with Crippen LogP contribution in [0.2, 0.25) is 0 Å². The molecule has 0 N–H and O–H groups in total. The van der Waals surface area contributed by atoms with Crippen molar-refractivity contribution in [1.82, 2.24) is 19.8 Å². The summed E-state index contributed by atoms with van der Waals surface area (Å²) in [6.45, 7) is 6.26. The highest BCUT2D eigenvalue weighted by Gasteiger charge is 2.72. The maximum atomic E-state index is 13.8. The van der Waals surface area contributed by atoms with Crippen LogP contribution in [0.15, 0.2) is 24.4 Å². The van der Waals surface area contributed by atoms with Crippen LogP contribution in [0.3, 0.4) is 0 Å². The standard InChI is InChI=1S/C27H25F3N4O3S.2ClH/c1-13-9-18(27(28,29)30)32-22(16(13)12-33-8-4-5-19(33)35)15-6-7-31-17-10-14(38-23(15)17)11-34-24(36)20-21(25(34)37)26(20,2)3;;/h6-7,9-10,20-21H,4-5,8,11-12H2,1-3H3;2*1H. The van der Waals surface area contributed by atoms with E-state index >= 15 is 0 Å². The molecule has 214 valence electrons. The van der Waals surface area contributed by atoms with Gasteiger partial charge in [-0.3, -0.25) is 24.3 Å². The summed E-state index contributed by atoms with van der Waals surface area (Å²) < 4.78 is 41.9. The lowest BCUT2D eigenvalue weighted by molar-refractivity contribution is -0.144. The second kappa shape index (κ2) is 10.3. The number of carbonyl (C=O) groups is 3. The molecule has 0 spiro atoms. The Labute approximate surface area is 245 Å². The molecule has 3 fully saturated rings. The Morgan fingerprint density at radius 3 is 2.35 bits per heavy atom. The first-order valence-electron chi connectivity index (χ1n) is 12.5. The van der Waals surface area contributed by atoms with Crippen LogP contribution in [0, 0.1) is 24.2 Å². The van der Waals surface area contributed by atoms with E-state index in [1.54, 1.807) is 24.0 Å². The predicted octanol–water partition coefficient (Wildman–Crippen LogP) is 5.79. The molecule has 3 aromatic rings. The van der Waals surface area contributed by atoms with Crippen LogP contribution in [-0.4, -0.2) is 44.0 Å². The molecule has 7 nitrogen and oxygen atoms in total. The average molecular weight is 616 g/mol. The van der Waals surface area contributed by atoms with Crippen LogP contribution >= 0.6 is 36.2 Å². The number of rotatable bonds is 5. The number of pyridine rings is 2. The molecule has 3 amide bonds. The van der Waals surface area contributed by atoms with Gasteiger partial charge in [0.15, 0.2) is 0 Å². The second-order valence-corrected chi connectivity index (χ2v) is 12.0. The first kappa shape index (κ1) is 30.2. The molecule has 2 aliphatic heterocycles. The van der Waals surface area contributed by atoms with Crippen molar-refractivity contribution in [3.63, 3.8) is 0 Å². The third-order valence-electron chi connectivity index (χ3n) is 8.08. The number of alkyl halides is 3. The number of fused-ring (bicyclic) bond motifs is 2. The highest BCUT2D eigenvalue weighted by molar-refractivity contribution is 7.19. The van der Waals surface area contributed by atoms with E-state index in [4.69, 9.17) is 0 Å². The Morgan fingerprint density at radius 2 is 1.75 bits per heavy atom. The van der Waals surface area contributed by atoms with Gasteiger partial charge in [0.1, 0.15) is 5.69 Å². The van der Waals surface area contributed by atoms with Crippen molar-refractivity contribution in [3.05, 3.63) is 46.1 Å². The number of nitrogens with zero attached hydrogens (tertiary/aromatic N) is 4. The number of hydrogen-bond acceptors (Lipinski definition) is 6. The van der Waals surface area contributed by atoms with Gasteiger partial charge in [-0.2, -0.15) is 13.2 Å². The van der Waals surface area contributed by atoms with E-state index in [0.717, 1.165) is 6.07 Å². The topological polar surface area (TPSA) is 83.5 Å². The Kier molecular flexibility index (Phi) is 7.75. The lowest BCUT2D eigenvalue weighted by Crippen LogP contribution is -2.35. The van der Waals surface area contributed by atoms with Crippen molar-refractivity contribution in [1.29, 1.82) is 0 Å². The van der Waals surface area contributed by atoms with E-state index < -0.39 is 11.9 Å². The van der Waals surface area contributed by atoms with Crippen LogP contribution in [0.25, 0.3) is 21.5 Å². The van der Waals surface area contributed by atoms with E-state index in [0.29, 0.717) is 51.2 Å². The van der Waals surface area contributed by atoms with Gasteiger partial charge in [-0.25, -0.2) is 4.98 Å². The number of halogens is 5. The van der Waals surface area contributed by atoms with Gasteiger partial charge in [0.05, 0.1) is 34.3 Å². The first-order chi connectivity index (χ1) is 17.9. The number of carbonyl (C=O) groups excluding carboxylic acids is 3. The van der Waals surface area contributed by atoms with E-state index in [1.807, 2.05) is 13.8 Å². The zero-order valence-corrected chi connectivity index (χ0v) is 24.3. The zero-order chi connectivity index (χ0) is 27.1. The monoisotopic (exact) mass is 614 g/mol. The molecule has 40 heavy (non-hydrogen) atoms. The summed E-state index contributed by atoms with van der Waals surface area (Å²) in [7, 11) is 0. The molecule has 1 saturated carbocycles. The first-order valence-corrected chi connectivity index (χ1v) is 13.3. The van der Waals surface area contributed by atoms with Crippen LogP contribution in [0.5, 0.6) is 0 Å². The minimum absolute atomic E-state index is 0.